The Morgan fingerprint density at radius 1 is 0.840 bits per heavy atom. The maximum atomic E-state index is 11.7. The highest BCUT2D eigenvalue weighted by Gasteiger charge is 2.12. The van der Waals surface area contributed by atoms with Gasteiger partial charge < -0.3 is 9.47 Å². The van der Waals surface area contributed by atoms with Crippen LogP contribution in [0.15, 0.2) is 12.2 Å². The Bertz CT molecular complexity index is 363. The first-order valence-electron chi connectivity index (χ1n) is 10.1. The highest BCUT2D eigenvalue weighted by molar-refractivity contribution is 5.70. The van der Waals surface area contributed by atoms with E-state index in [-0.39, 0.29) is 24.6 Å². The Morgan fingerprint density at radius 3 is 2.20 bits per heavy atom. The van der Waals surface area contributed by atoms with E-state index in [0.717, 1.165) is 51.4 Å². The van der Waals surface area contributed by atoms with Gasteiger partial charge in [-0.1, -0.05) is 58.1 Å². The van der Waals surface area contributed by atoms with Gasteiger partial charge in [0.25, 0.3) is 0 Å². The lowest BCUT2D eigenvalue weighted by molar-refractivity contribution is -0.158. The molecule has 0 unspecified atom stereocenters. The molecule has 0 saturated heterocycles. The van der Waals surface area contributed by atoms with Crippen molar-refractivity contribution >= 4 is 11.9 Å². The molecule has 0 aliphatic carbocycles. The molecule has 0 spiro atoms. The molecule has 1 atom stereocenters. The number of carbonyl (C=O) groups is 2. The van der Waals surface area contributed by atoms with E-state index in [4.69, 9.17) is 9.47 Å². The number of rotatable bonds is 16. The van der Waals surface area contributed by atoms with Crippen molar-refractivity contribution in [3.63, 3.8) is 0 Å². The molecule has 0 aromatic carbocycles. The van der Waals surface area contributed by atoms with Crippen molar-refractivity contribution in [2.45, 2.75) is 104 Å². The zero-order valence-corrected chi connectivity index (χ0v) is 16.6. The monoisotopic (exact) mass is 354 g/mol. The molecule has 0 fully saturated rings. The summed E-state index contributed by atoms with van der Waals surface area (Å²) in [5, 5.41) is 0. The summed E-state index contributed by atoms with van der Waals surface area (Å²) in [7, 11) is 0. The standard InChI is InChI=1S/C21H38O4/c1-4-6-8-9-10-11-12-13-15-17-21(23)25-19(3)18-24-20(22)16-14-7-5-2/h6,8,19H,4-5,7,9-18H2,1-3H3/b8-6-/t19-/m0/s1. The van der Waals surface area contributed by atoms with Crippen molar-refractivity contribution in [2.24, 2.45) is 0 Å². The van der Waals surface area contributed by atoms with Gasteiger partial charge in [0.1, 0.15) is 12.7 Å². The van der Waals surface area contributed by atoms with E-state index in [2.05, 4.69) is 26.0 Å². The van der Waals surface area contributed by atoms with Crippen LogP contribution in [-0.2, 0) is 19.1 Å². The molecule has 0 bridgehead atoms. The third kappa shape index (κ3) is 17.3. The molecule has 0 rings (SSSR count). The molecule has 0 aliphatic rings. The molecule has 0 saturated carbocycles. The summed E-state index contributed by atoms with van der Waals surface area (Å²) in [4.78, 5) is 23.2. The molecule has 4 heteroatoms. The van der Waals surface area contributed by atoms with Crippen LogP contribution < -0.4 is 0 Å². The van der Waals surface area contributed by atoms with Crippen LogP contribution in [0.3, 0.4) is 0 Å². The van der Waals surface area contributed by atoms with Crippen molar-refractivity contribution in [1.29, 1.82) is 0 Å². The number of carbonyl (C=O) groups excluding carboxylic acids is 2. The normalized spacial score (nSPS) is 12.3. The fraction of sp³-hybridized carbons (Fsp3) is 0.810. The molecular formula is C21H38O4. The molecule has 4 nitrogen and oxygen atoms in total. The van der Waals surface area contributed by atoms with E-state index in [1.807, 2.05) is 0 Å². The molecular weight excluding hydrogens is 316 g/mol. The van der Waals surface area contributed by atoms with E-state index in [9.17, 15) is 9.59 Å². The quantitative estimate of drug-likeness (QED) is 0.201. The van der Waals surface area contributed by atoms with Crippen LogP contribution in [0.2, 0.25) is 0 Å². The molecule has 0 aromatic heterocycles. The average molecular weight is 355 g/mol. The third-order valence-electron chi connectivity index (χ3n) is 3.95. The SMILES string of the molecule is CC/C=C\CCCCCCCC(=O)O[C@@H](C)COC(=O)CCCCC. The van der Waals surface area contributed by atoms with Gasteiger partial charge in [0, 0.05) is 12.8 Å². The van der Waals surface area contributed by atoms with E-state index >= 15 is 0 Å². The van der Waals surface area contributed by atoms with Crippen LogP contribution in [0.1, 0.15) is 97.8 Å². The zero-order chi connectivity index (χ0) is 18.8. The largest absolute Gasteiger partial charge is 0.462 e. The van der Waals surface area contributed by atoms with Crippen LogP contribution in [0.5, 0.6) is 0 Å². The lowest BCUT2D eigenvalue weighted by Gasteiger charge is -2.13. The van der Waals surface area contributed by atoms with Crippen molar-refractivity contribution < 1.29 is 19.1 Å². The minimum atomic E-state index is -0.368. The van der Waals surface area contributed by atoms with Crippen LogP contribution in [-0.4, -0.2) is 24.6 Å². The minimum absolute atomic E-state index is 0.155. The number of esters is 2. The minimum Gasteiger partial charge on any atom is -0.462 e. The van der Waals surface area contributed by atoms with Gasteiger partial charge in [-0.3, -0.25) is 9.59 Å². The number of allylic oxidation sites excluding steroid dienone is 2. The number of hydrogen-bond acceptors (Lipinski definition) is 4. The summed E-state index contributed by atoms with van der Waals surface area (Å²) in [5.74, 6) is -0.398. The molecule has 25 heavy (non-hydrogen) atoms. The maximum absolute atomic E-state index is 11.7. The second-order valence-corrected chi connectivity index (χ2v) is 6.63. The van der Waals surface area contributed by atoms with Crippen molar-refractivity contribution in [3.8, 4) is 0 Å². The topological polar surface area (TPSA) is 52.6 Å². The van der Waals surface area contributed by atoms with Gasteiger partial charge in [0.2, 0.25) is 0 Å². The Kier molecular flexibility index (Phi) is 16.6. The average Bonchev–Trinajstić information content (AvgIpc) is 2.58. The summed E-state index contributed by atoms with van der Waals surface area (Å²) in [6, 6.07) is 0. The van der Waals surface area contributed by atoms with Gasteiger partial charge in [0.05, 0.1) is 0 Å². The van der Waals surface area contributed by atoms with Crippen LogP contribution in [0.4, 0.5) is 0 Å². The Labute approximate surface area is 154 Å². The Hall–Kier alpha value is -1.32. The molecule has 0 aliphatic heterocycles. The Balaban J connectivity index is 3.52. The van der Waals surface area contributed by atoms with E-state index in [0.29, 0.717) is 12.8 Å². The second-order valence-electron chi connectivity index (χ2n) is 6.63. The van der Waals surface area contributed by atoms with Gasteiger partial charge >= 0.3 is 11.9 Å². The molecule has 0 N–H and O–H groups in total. The molecule has 0 heterocycles. The summed E-state index contributed by atoms with van der Waals surface area (Å²) in [5.41, 5.74) is 0. The van der Waals surface area contributed by atoms with E-state index in [1.165, 1.54) is 12.8 Å². The number of hydrogen-bond donors (Lipinski definition) is 0. The number of ether oxygens (including phenoxy) is 2. The summed E-state index contributed by atoms with van der Waals surface area (Å²) >= 11 is 0. The summed E-state index contributed by atoms with van der Waals surface area (Å²) in [6.07, 6.45) is 15.8. The van der Waals surface area contributed by atoms with Crippen molar-refractivity contribution in [1.82, 2.24) is 0 Å². The molecule has 0 aromatic rings. The molecule has 0 radical (unpaired) electrons. The maximum Gasteiger partial charge on any atom is 0.306 e. The van der Waals surface area contributed by atoms with E-state index < -0.39 is 0 Å². The van der Waals surface area contributed by atoms with Gasteiger partial charge in [-0.05, 0) is 39.0 Å². The van der Waals surface area contributed by atoms with Gasteiger partial charge in [-0.15, -0.1) is 0 Å². The van der Waals surface area contributed by atoms with Crippen LogP contribution in [0.25, 0.3) is 0 Å². The van der Waals surface area contributed by atoms with Gasteiger partial charge in [0.15, 0.2) is 0 Å². The van der Waals surface area contributed by atoms with Gasteiger partial charge in [-0.2, -0.15) is 0 Å². The first-order valence-corrected chi connectivity index (χ1v) is 10.1. The summed E-state index contributed by atoms with van der Waals surface area (Å²) in [6.45, 7) is 6.16. The predicted octanol–water partition coefficient (Wildman–Crippen LogP) is 5.74. The first kappa shape index (κ1) is 23.7. The Morgan fingerprint density at radius 2 is 1.48 bits per heavy atom. The van der Waals surface area contributed by atoms with Crippen molar-refractivity contribution in [3.05, 3.63) is 12.2 Å². The van der Waals surface area contributed by atoms with Gasteiger partial charge in [-0.25, -0.2) is 0 Å². The summed E-state index contributed by atoms with van der Waals surface area (Å²) < 4.78 is 10.4. The predicted molar refractivity (Wildman–Crippen MR) is 102 cm³/mol. The number of unbranched alkanes of at least 4 members (excludes halogenated alkanes) is 7. The van der Waals surface area contributed by atoms with Crippen LogP contribution >= 0.6 is 0 Å². The first-order chi connectivity index (χ1) is 12.1. The highest BCUT2D eigenvalue weighted by Crippen LogP contribution is 2.09. The highest BCUT2D eigenvalue weighted by atomic mass is 16.6. The smallest absolute Gasteiger partial charge is 0.306 e. The fourth-order valence-electron chi connectivity index (χ4n) is 2.47. The lowest BCUT2D eigenvalue weighted by Crippen LogP contribution is -2.22. The zero-order valence-electron chi connectivity index (χ0n) is 16.6. The van der Waals surface area contributed by atoms with Crippen LogP contribution in [0, 0.1) is 0 Å². The van der Waals surface area contributed by atoms with E-state index in [1.54, 1.807) is 6.92 Å². The van der Waals surface area contributed by atoms with Crippen molar-refractivity contribution in [2.75, 3.05) is 6.61 Å². The fourth-order valence-corrected chi connectivity index (χ4v) is 2.47. The third-order valence-corrected chi connectivity index (χ3v) is 3.95. The molecule has 0 amide bonds. The molecule has 146 valence electrons. The lowest BCUT2D eigenvalue weighted by atomic mass is 10.1. The second kappa shape index (κ2) is 17.5.